The molecule has 1 heterocycles. The number of hydrogen-bond donors (Lipinski definition) is 1. The molecule has 1 aliphatic heterocycles. The smallest absolute Gasteiger partial charge is 0.231 e. The van der Waals surface area contributed by atoms with E-state index in [9.17, 15) is 4.79 Å². The molecule has 1 aromatic carbocycles. The summed E-state index contributed by atoms with van der Waals surface area (Å²) in [5.41, 5.74) is 8.17. The number of aryl methyl sites for hydroxylation is 1. The third-order valence-electron chi connectivity index (χ3n) is 3.92. The molecule has 3 unspecified atom stereocenters. The van der Waals surface area contributed by atoms with Gasteiger partial charge in [-0.1, -0.05) is 18.2 Å². The number of para-hydroxylation sites is 1. The zero-order valence-electron chi connectivity index (χ0n) is 10.1. The molecule has 3 heteroatoms. The minimum Gasteiger partial charge on any atom is -0.327 e. The van der Waals surface area contributed by atoms with Gasteiger partial charge in [0, 0.05) is 17.8 Å². The fourth-order valence-electron chi connectivity index (χ4n) is 2.70. The van der Waals surface area contributed by atoms with Crippen molar-refractivity contribution < 1.29 is 4.79 Å². The van der Waals surface area contributed by atoms with E-state index in [0.29, 0.717) is 6.04 Å². The van der Waals surface area contributed by atoms with Gasteiger partial charge in [-0.05, 0) is 37.8 Å². The van der Waals surface area contributed by atoms with Gasteiger partial charge in [0.1, 0.15) is 0 Å². The van der Waals surface area contributed by atoms with Crippen molar-refractivity contribution >= 4 is 11.6 Å². The Kier molecular flexibility index (Phi) is 2.44. The summed E-state index contributed by atoms with van der Waals surface area (Å²) in [7, 11) is 0. The maximum Gasteiger partial charge on any atom is 0.231 e. The number of fused-ring (bicyclic) bond motifs is 1. The fraction of sp³-hybridized carbons (Fsp3) is 0.500. The molecule has 0 spiro atoms. The zero-order chi connectivity index (χ0) is 12.0. The minimum absolute atomic E-state index is 0.0589. The number of hydrogen-bond acceptors (Lipinski definition) is 2. The number of rotatable bonds is 1. The summed E-state index contributed by atoms with van der Waals surface area (Å²) in [6.07, 6.45) is 2.97. The number of benzene rings is 1. The van der Waals surface area contributed by atoms with Gasteiger partial charge < -0.3 is 10.6 Å². The normalized spacial score (nSPS) is 30.9. The first-order chi connectivity index (χ1) is 8.18. The number of carbonyl (C=O) groups is 1. The molecular formula is C14H18N2O. The van der Waals surface area contributed by atoms with E-state index < -0.39 is 0 Å². The van der Waals surface area contributed by atoms with E-state index in [2.05, 4.69) is 19.1 Å². The Morgan fingerprint density at radius 2 is 2.12 bits per heavy atom. The van der Waals surface area contributed by atoms with E-state index >= 15 is 0 Å². The van der Waals surface area contributed by atoms with E-state index in [0.717, 1.165) is 24.9 Å². The highest BCUT2D eigenvalue weighted by molar-refractivity contribution is 5.98. The lowest BCUT2D eigenvalue weighted by molar-refractivity contribution is -0.120. The minimum atomic E-state index is 0.0589. The molecule has 0 radical (unpaired) electrons. The second-order valence-electron chi connectivity index (χ2n) is 5.23. The number of nitrogens with zero attached hydrogens (tertiary/aromatic N) is 1. The second kappa shape index (κ2) is 3.84. The van der Waals surface area contributed by atoms with Gasteiger partial charge in [-0.2, -0.15) is 0 Å². The molecule has 2 N–H and O–H groups in total. The van der Waals surface area contributed by atoms with Gasteiger partial charge in [0.05, 0.1) is 5.92 Å². The molecule has 3 nitrogen and oxygen atoms in total. The van der Waals surface area contributed by atoms with Crippen LogP contribution in [0.5, 0.6) is 0 Å². The van der Waals surface area contributed by atoms with Crippen LogP contribution in [0.3, 0.4) is 0 Å². The summed E-state index contributed by atoms with van der Waals surface area (Å²) < 4.78 is 0. The van der Waals surface area contributed by atoms with Gasteiger partial charge in [0.25, 0.3) is 0 Å². The Bertz CT molecular complexity index is 457. The van der Waals surface area contributed by atoms with Crippen LogP contribution in [0.15, 0.2) is 24.3 Å². The summed E-state index contributed by atoms with van der Waals surface area (Å²) >= 11 is 0. The SMILES string of the molecule is CC1CCc2ccccc2N1C(=O)C1CC1N. The van der Waals surface area contributed by atoms with Crippen molar-refractivity contribution in [3.63, 3.8) is 0 Å². The Balaban J connectivity index is 1.95. The first-order valence-corrected chi connectivity index (χ1v) is 6.35. The van der Waals surface area contributed by atoms with Crippen LogP contribution in [0.2, 0.25) is 0 Å². The van der Waals surface area contributed by atoms with Crippen molar-refractivity contribution in [2.24, 2.45) is 11.7 Å². The van der Waals surface area contributed by atoms with Crippen LogP contribution in [0.25, 0.3) is 0 Å². The molecule has 17 heavy (non-hydrogen) atoms. The molecule has 3 rings (SSSR count). The molecule has 1 aromatic rings. The van der Waals surface area contributed by atoms with Crippen LogP contribution >= 0.6 is 0 Å². The van der Waals surface area contributed by atoms with E-state index in [1.54, 1.807) is 0 Å². The Morgan fingerprint density at radius 3 is 2.82 bits per heavy atom. The molecule has 1 fully saturated rings. The summed E-state index contributed by atoms with van der Waals surface area (Å²) in [6.45, 7) is 2.13. The highest BCUT2D eigenvalue weighted by Crippen LogP contribution is 2.37. The Morgan fingerprint density at radius 1 is 1.41 bits per heavy atom. The van der Waals surface area contributed by atoms with Gasteiger partial charge in [-0.3, -0.25) is 4.79 Å². The monoisotopic (exact) mass is 230 g/mol. The zero-order valence-corrected chi connectivity index (χ0v) is 10.1. The number of anilines is 1. The van der Waals surface area contributed by atoms with Crippen LogP contribution in [0, 0.1) is 5.92 Å². The molecule has 1 aliphatic carbocycles. The van der Waals surface area contributed by atoms with Crippen LogP contribution in [0.1, 0.15) is 25.3 Å². The number of nitrogens with two attached hydrogens (primary N) is 1. The van der Waals surface area contributed by atoms with E-state index in [4.69, 9.17) is 5.73 Å². The molecule has 0 saturated heterocycles. The van der Waals surface area contributed by atoms with Crippen molar-refractivity contribution in [2.45, 2.75) is 38.3 Å². The summed E-state index contributed by atoms with van der Waals surface area (Å²) in [5, 5.41) is 0. The van der Waals surface area contributed by atoms with Crippen LogP contribution in [-0.4, -0.2) is 18.0 Å². The Labute approximate surface area is 102 Å². The van der Waals surface area contributed by atoms with Gasteiger partial charge in [0.15, 0.2) is 0 Å². The van der Waals surface area contributed by atoms with Crippen molar-refractivity contribution in [1.82, 2.24) is 0 Å². The number of carbonyl (C=O) groups excluding carboxylic acids is 1. The van der Waals surface area contributed by atoms with Gasteiger partial charge in [-0.15, -0.1) is 0 Å². The van der Waals surface area contributed by atoms with E-state index in [1.807, 2.05) is 17.0 Å². The third kappa shape index (κ3) is 1.75. The van der Waals surface area contributed by atoms with Crippen molar-refractivity contribution in [1.29, 1.82) is 0 Å². The topological polar surface area (TPSA) is 46.3 Å². The van der Waals surface area contributed by atoms with Crippen LogP contribution in [0.4, 0.5) is 5.69 Å². The average Bonchev–Trinajstić information content (AvgIpc) is 3.06. The maximum absolute atomic E-state index is 12.4. The van der Waals surface area contributed by atoms with Crippen LogP contribution in [-0.2, 0) is 11.2 Å². The quantitative estimate of drug-likeness (QED) is 0.798. The third-order valence-corrected chi connectivity index (χ3v) is 3.92. The highest BCUT2D eigenvalue weighted by Gasteiger charge is 2.44. The lowest BCUT2D eigenvalue weighted by Gasteiger charge is -2.35. The first kappa shape index (κ1) is 10.8. The summed E-state index contributed by atoms with van der Waals surface area (Å²) in [5.74, 6) is 0.278. The number of amides is 1. The van der Waals surface area contributed by atoms with Crippen molar-refractivity contribution in [3.05, 3.63) is 29.8 Å². The molecule has 0 aromatic heterocycles. The average molecular weight is 230 g/mol. The maximum atomic E-state index is 12.4. The molecule has 0 bridgehead atoms. The molecule has 3 atom stereocenters. The lowest BCUT2D eigenvalue weighted by atomic mass is 9.96. The molecule has 2 aliphatic rings. The summed E-state index contributed by atoms with van der Waals surface area (Å²) in [6, 6.07) is 8.60. The van der Waals surface area contributed by atoms with Crippen molar-refractivity contribution in [2.75, 3.05) is 4.90 Å². The van der Waals surface area contributed by atoms with E-state index in [-0.39, 0.29) is 17.9 Å². The standard InChI is InChI=1S/C14H18N2O/c1-9-6-7-10-4-2-3-5-13(10)16(9)14(17)11-8-12(11)15/h2-5,9,11-12H,6-8,15H2,1H3. The predicted molar refractivity (Wildman–Crippen MR) is 67.8 cm³/mol. The van der Waals surface area contributed by atoms with E-state index in [1.165, 1.54) is 5.56 Å². The molecule has 1 saturated carbocycles. The van der Waals surface area contributed by atoms with Crippen LogP contribution < -0.4 is 10.6 Å². The highest BCUT2D eigenvalue weighted by atomic mass is 16.2. The fourth-order valence-corrected chi connectivity index (χ4v) is 2.70. The molecule has 90 valence electrons. The molecule has 1 amide bonds. The van der Waals surface area contributed by atoms with Gasteiger partial charge in [0.2, 0.25) is 5.91 Å². The lowest BCUT2D eigenvalue weighted by Crippen LogP contribution is -2.43. The first-order valence-electron chi connectivity index (χ1n) is 6.35. The largest absolute Gasteiger partial charge is 0.327 e. The van der Waals surface area contributed by atoms with Gasteiger partial charge >= 0.3 is 0 Å². The molecular weight excluding hydrogens is 212 g/mol. The predicted octanol–water partition coefficient (Wildman–Crippen LogP) is 1.70. The van der Waals surface area contributed by atoms with Crippen molar-refractivity contribution in [3.8, 4) is 0 Å². The van der Waals surface area contributed by atoms with Gasteiger partial charge in [-0.25, -0.2) is 0 Å². The Hall–Kier alpha value is -1.35. The second-order valence-corrected chi connectivity index (χ2v) is 5.23. The summed E-state index contributed by atoms with van der Waals surface area (Å²) in [4.78, 5) is 14.4.